The Morgan fingerprint density at radius 3 is 2.36 bits per heavy atom. The van der Waals surface area contributed by atoms with Gasteiger partial charge in [-0.25, -0.2) is 0 Å². The van der Waals surface area contributed by atoms with Gasteiger partial charge in [-0.05, 0) is 0 Å². The van der Waals surface area contributed by atoms with Crippen molar-refractivity contribution in [2.24, 2.45) is 5.92 Å². The van der Waals surface area contributed by atoms with Gasteiger partial charge >= 0.3 is 93.6 Å². The van der Waals surface area contributed by atoms with Crippen molar-refractivity contribution in [2.75, 3.05) is 0 Å². The van der Waals surface area contributed by atoms with Crippen molar-refractivity contribution in [1.82, 2.24) is 0 Å². The first kappa shape index (κ1) is 11.7. The van der Waals surface area contributed by atoms with Gasteiger partial charge in [0.2, 0.25) is 0 Å². The Morgan fingerprint density at radius 2 is 1.86 bits per heavy atom. The van der Waals surface area contributed by atoms with Gasteiger partial charge in [-0.15, -0.1) is 0 Å². The Bertz CT molecular complexity index is 285. The molecule has 0 aliphatic heterocycles. The zero-order valence-electron chi connectivity index (χ0n) is 9.46. The first-order valence-electron chi connectivity index (χ1n) is 5.49. The van der Waals surface area contributed by atoms with Gasteiger partial charge in [0.05, 0.1) is 0 Å². The number of benzene rings is 1. The Morgan fingerprint density at radius 1 is 1.21 bits per heavy atom. The molecule has 1 aromatic rings. The molecule has 0 heterocycles. The van der Waals surface area contributed by atoms with Gasteiger partial charge in [0.15, 0.2) is 0 Å². The molecule has 0 bridgehead atoms. The summed E-state index contributed by atoms with van der Waals surface area (Å²) in [7, 11) is 0. The van der Waals surface area contributed by atoms with E-state index >= 15 is 0 Å². The standard InChI is InChI=1S/C13H20Ge/c1-4-8-13(11(2)3)14-12-9-6-5-7-10-12/h5-7,9-11,14H,4,8H2,1-3H3. The summed E-state index contributed by atoms with van der Waals surface area (Å²) in [6, 6.07) is 11.0. The predicted octanol–water partition coefficient (Wildman–Crippen LogP) is 2.38. The van der Waals surface area contributed by atoms with Crippen LogP contribution in [0.1, 0.15) is 33.6 Å². The van der Waals surface area contributed by atoms with Gasteiger partial charge in [-0.1, -0.05) is 0 Å². The Kier molecular flexibility index (Phi) is 5.17. The van der Waals surface area contributed by atoms with Crippen molar-refractivity contribution >= 4 is 23.7 Å². The van der Waals surface area contributed by atoms with Crippen molar-refractivity contribution in [3.63, 3.8) is 0 Å². The average molecular weight is 249 g/mol. The monoisotopic (exact) mass is 250 g/mol. The van der Waals surface area contributed by atoms with E-state index in [1.165, 1.54) is 12.8 Å². The fraction of sp³-hybridized carbons (Fsp3) is 0.462. The van der Waals surface area contributed by atoms with Crippen LogP contribution < -0.4 is 4.40 Å². The molecule has 0 aromatic heterocycles. The third kappa shape index (κ3) is 3.79. The van der Waals surface area contributed by atoms with Crippen LogP contribution in [0.5, 0.6) is 0 Å². The van der Waals surface area contributed by atoms with E-state index in [1.54, 1.807) is 4.40 Å². The van der Waals surface area contributed by atoms with Gasteiger partial charge in [-0.3, -0.25) is 0 Å². The molecule has 0 atom stereocenters. The molecule has 1 rings (SSSR count). The summed E-state index contributed by atoms with van der Waals surface area (Å²) in [4.78, 5) is 0. The molecule has 0 N–H and O–H groups in total. The van der Waals surface area contributed by atoms with Crippen LogP contribution in [0, 0.1) is 5.92 Å². The van der Waals surface area contributed by atoms with Crippen LogP contribution in [0.2, 0.25) is 0 Å². The molecule has 0 spiro atoms. The molecule has 0 amide bonds. The molecule has 1 aromatic carbocycles. The summed E-state index contributed by atoms with van der Waals surface area (Å²) in [5, 5.41) is 0. The summed E-state index contributed by atoms with van der Waals surface area (Å²) in [5.74, 6) is 0.787. The van der Waals surface area contributed by atoms with E-state index in [4.69, 9.17) is 0 Å². The second-order valence-corrected chi connectivity index (χ2v) is 7.59. The molecule has 0 radical (unpaired) electrons. The van der Waals surface area contributed by atoms with E-state index in [0.29, 0.717) is 0 Å². The van der Waals surface area contributed by atoms with Gasteiger partial charge in [0, 0.05) is 0 Å². The molecular formula is C13H20Ge. The van der Waals surface area contributed by atoms with Crippen LogP contribution in [-0.2, 0) is 0 Å². The van der Waals surface area contributed by atoms with Crippen molar-refractivity contribution in [1.29, 1.82) is 0 Å². The van der Waals surface area contributed by atoms with E-state index in [0.717, 1.165) is 5.92 Å². The second-order valence-electron chi connectivity index (χ2n) is 4.03. The van der Waals surface area contributed by atoms with E-state index in [2.05, 4.69) is 51.1 Å². The maximum atomic E-state index is 2.34. The fourth-order valence-electron chi connectivity index (χ4n) is 1.58. The van der Waals surface area contributed by atoms with E-state index in [-0.39, 0.29) is 15.0 Å². The molecule has 0 unspecified atom stereocenters. The van der Waals surface area contributed by atoms with E-state index in [9.17, 15) is 0 Å². The Hall–Kier alpha value is -0.367. The van der Waals surface area contributed by atoms with Gasteiger partial charge in [0.25, 0.3) is 0 Å². The van der Waals surface area contributed by atoms with Crippen LogP contribution in [0.25, 0.3) is 0 Å². The summed E-state index contributed by atoms with van der Waals surface area (Å²) >= 11 is -0.302. The average Bonchev–Trinajstić information content (AvgIpc) is 2.18. The topological polar surface area (TPSA) is 0 Å². The maximum absolute atomic E-state index is 2.34. The number of hydrogen-bond donors (Lipinski definition) is 0. The fourth-order valence-corrected chi connectivity index (χ4v) is 4.96. The molecule has 0 aliphatic carbocycles. The molecule has 0 saturated heterocycles. The third-order valence-corrected chi connectivity index (χ3v) is 6.72. The summed E-state index contributed by atoms with van der Waals surface area (Å²) in [6.45, 7) is 6.96. The van der Waals surface area contributed by atoms with Gasteiger partial charge in [-0.2, -0.15) is 0 Å². The summed E-state index contributed by atoms with van der Waals surface area (Å²) < 4.78 is 3.44. The molecule has 0 fully saturated rings. The number of rotatable bonds is 4. The summed E-state index contributed by atoms with van der Waals surface area (Å²) in [5.41, 5.74) is 0. The zero-order chi connectivity index (χ0) is 10.4. The van der Waals surface area contributed by atoms with Crippen LogP contribution in [0.15, 0.2) is 30.3 Å². The predicted molar refractivity (Wildman–Crippen MR) is 68.0 cm³/mol. The van der Waals surface area contributed by atoms with Crippen LogP contribution >= 0.6 is 0 Å². The van der Waals surface area contributed by atoms with Crippen molar-refractivity contribution in [3.05, 3.63) is 30.3 Å². The second kappa shape index (κ2) is 6.18. The molecule has 0 saturated carbocycles. The van der Waals surface area contributed by atoms with Crippen molar-refractivity contribution < 1.29 is 0 Å². The minimum atomic E-state index is -0.302. The van der Waals surface area contributed by atoms with Crippen molar-refractivity contribution in [3.8, 4) is 0 Å². The summed E-state index contributed by atoms with van der Waals surface area (Å²) in [6.07, 6.45) is 2.64. The molecular weight excluding hydrogens is 229 g/mol. The molecule has 76 valence electrons. The normalized spacial score (nSPS) is 12.1. The first-order chi connectivity index (χ1) is 6.74. The third-order valence-electron chi connectivity index (χ3n) is 2.43. The SMILES string of the molecule is CCC[C](=[GeH][c]1ccccc1)C(C)C. The quantitative estimate of drug-likeness (QED) is 0.718. The minimum absolute atomic E-state index is 0.302. The van der Waals surface area contributed by atoms with Crippen molar-refractivity contribution in [2.45, 2.75) is 33.6 Å². The van der Waals surface area contributed by atoms with Crippen LogP contribution in [0.4, 0.5) is 0 Å². The zero-order valence-corrected chi connectivity index (χ0v) is 11.9. The van der Waals surface area contributed by atoms with Gasteiger partial charge in [0.1, 0.15) is 0 Å². The van der Waals surface area contributed by atoms with E-state index in [1.807, 2.05) is 4.35 Å². The number of hydrogen-bond acceptors (Lipinski definition) is 0. The molecule has 0 nitrogen and oxygen atoms in total. The Balaban J connectivity index is 2.82. The van der Waals surface area contributed by atoms with Crippen LogP contribution in [-0.4, -0.2) is 19.3 Å². The van der Waals surface area contributed by atoms with E-state index < -0.39 is 0 Å². The Labute approximate surface area is 93.7 Å². The van der Waals surface area contributed by atoms with Crippen LogP contribution in [0.3, 0.4) is 0 Å². The molecule has 14 heavy (non-hydrogen) atoms. The molecule has 1 heteroatoms. The molecule has 0 aliphatic rings. The van der Waals surface area contributed by atoms with Gasteiger partial charge < -0.3 is 0 Å². The first-order valence-corrected chi connectivity index (χ1v) is 7.91.